The van der Waals surface area contributed by atoms with E-state index in [2.05, 4.69) is 0 Å². The molecule has 0 radical (unpaired) electrons. The third-order valence-corrected chi connectivity index (χ3v) is 0.772. The lowest BCUT2D eigenvalue weighted by Gasteiger charge is -1.91. The number of aliphatic hydroxyl groups is 1. The molecule has 0 unspecified atom stereocenters. The van der Waals surface area contributed by atoms with Crippen LogP contribution in [-0.2, 0) is 4.79 Å². The predicted octanol–water partition coefficient (Wildman–Crippen LogP) is 1.31. The summed E-state index contributed by atoms with van der Waals surface area (Å²) >= 11 is 0. The molecule has 0 amide bonds. The maximum absolute atomic E-state index is 9.88. The summed E-state index contributed by atoms with van der Waals surface area (Å²) in [5, 5.41) is 16.8. The van der Waals surface area contributed by atoms with Crippen molar-refractivity contribution in [2.24, 2.45) is 0 Å². The molecule has 0 heterocycles. The van der Waals surface area contributed by atoms with Crippen molar-refractivity contribution in [3.05, 3.63) is 11.8 Å². The second-order valence-electron chi connectivity index (χ2n) is 1.67. The van der Waals surface area contributed by atoms with Crippen LogP contribution in [0, 0.1) is 0 Å². The molecule has 0 aliphatic heterocycles. The fourth-order valence-electron chi connectivity index (χ4n) is 0.463. The van der Waals surface area contributed by atoms with Gasteiger partial charge >= 0.3 is 5.97 Å². The number of carboxylic acid groups (broad SMARTS) is 1. The van der Waals surface area contributed by atoms with Crippen molar-refractivity contribution in [1.29, 1.82) is 0 Å². The molecule has 0 aromatic heterocycles. The first kappa shape index (κ1) is 8.01. The fraction of sp³-hybridized carbons (Fsp3) is 0.500. The number of aliphatic carboxylic acids is 1. The van der Waals surface area contributed by atoms with E-state index in [-0.39, 0.29) is 12.2 Å². The maximum atomic E-state index is 9.88. The van der Waals surface area contributed by atoms with Crippen LogP contribution in [0.25, 0.3) is 0 Å². The van der Waals surface area contributed by atoms with Crippen LogP contribution in [0.5, 0.6) is 0 Å². The second kappa shape index (κ2) is 3.95. The fourth-order valence-corrected chi connectivity index (χ4v) is 0.463. The van der Waals surface area contributed by atoms with Gasteiger partial charge in [-0.3, -0.25) is 4.79 Å². The largest absolute Gasteiger partial charge is 0.512 e. The van der Waals surface area contributed by atoms with E-state index in [1.807, 2.05) is 6.92 Å². The Balaban J connectivity index is 3.62. The zero-order valence-electron chi connectivity index (χ0n) is 5.29. The lowest BCUT2D eigenvalue weighted by molar-refractivity contribution is -0.136. The van der Waals surface area contributed by atoms with Crippen molar-refractivity contribution in [3.63, 3.8) is 0 Å². The van der Waals surface area contributed by atoms with E-state index >= 15 is 0 Å². The van der Waals surface area contributed by atoms with Gasteiger partial charge in [-0.05, 0) is 12.5 Å². The van der Waals surface area contributed by atoms with Gasteiger partial charge in [-0.15, -0.1) is 0 Å². The highest BCUT2D eigenvalue weighted by Crippen LogP contribution is 1.96. The number of aliphatic hydroxyl groups excluding tert-OH is 1. The third kappa shape index (κ3) is 4.87. The number of rotatable bonds is 3. The summed E-state index contributed by atoms with van der Waals surface area (Å²) < 4.78 is 0. The number of hydrogen-bond donors (Lipinski definition) is 2. The highest BCUT2D eigenvalue weighted by molar-refractivity contribution is 5.69. The molecule has 3 heteroatoms. The smallest absolute Gasteiger partial charge is 0.311 e. The number of carboxylic acids is 1. The number of allylic oxidation sites excluding steroid dienone is 1. The molecule has 0 saturated heterocycles. The van der Waals surface area contributed by atoms with Gasteiger partial charge in [-0.1, -0.05) is 6.92 Å². The van der Waals surface area contributed by atoms with Crippen LogP contribution in [0.15, 0.2) is 11.8 Å². The molecular weight excluding hydrogens is 120 g/mol. The van der Waals surface area contributed by atoms with E-state index in [4.69, 9.17) is 10.2 Å². The Morgan fingerprint density at radius 2 is 2.11 bits per heavy atom. The van der Waals surface area contributed by atoms with Crippen molar-refractivity contribution in [2.45, 2.75) is 19.8 Å². The van der Waals surface area contributed by atoms with Crippen LogP contribution in [0.3, 0.4) is 0 Å². The molecule has 0 aromatic rings. The van der Waals surface area contributed by atoms with Crippen molar-refractivity contribution in [1.82, 2.24) is 0 Å². The topological polar surface area (TPSA) is 57.5 Å². The summed E-state index contributed by atoms with van der Waals surface area (Å²) in [4.78, 5) is 9.88. The Bertz CT molecular complexity index is 126. The van der Waals surface area contributed by atoms with Gasteiger partial charge in [0.05, 0.1) is 5.76 Å². The van der Waals surface area contributed by atoms with Crippen LogP contribution >= 0.6 is 0 Å². The molecule has 0 aliphatic carbocycles. The summed E-state index contributed by atoms with van der Waals surface area (Å²) in [5.74, 6) is -1.07. The monoisotopic (exact) mass is 130 g/mol. The van der Waals surface area contributed by atoms with E-state index < -0.39 is 5.97 Å². The SMILES string of the molecule is CCC=C(O)CC(=O)O. The van der Waals surface area contributed by atoms with Gasteiger partial charge in [0, 0.05) is 0 Å². The average molecular weight is 130 g/mol. The average Bonchev–Trinajstić information content (AvgIpc) is 1.63. The Morgan fingerprint density at radius 3 is 2.44 bits per heavy atom. The van der Waals surface area contributed by atoms with E-state index in [1.54, 1.807) is 0 Å². The Labute approximate surface area is 53.6 Å². The molecule has 0 atom stereocenters. The number of hydrogen-bond acceptors (Lipinski definition) is 2. The zero-order valence-corrected chi connectivity index (χ0v) is 5.29. The first-order chi connectivity index (χ1) is 4.16. The minimum absolute atomic E-state index is 0.0648. The van der Waals surface area contributed by atoms with Crippen LogP contribution in [-0.4, -0.2) is 16.2 Å². The van der Waals surface area contributed by atoms with Crippen molar-refractivity contribution >= 4 is 5.97 Å². The second-order valence-corrected chi connectivity index (χ2v) is 1.67. The summed E-state index contributed by atoms with van der Waals surface area (Å²) in [6.45, 7) is 1.83. The molecule has 0 rings (SSSR count). The van der Waals surface area contributed by atoms with E-state index in [0.29, 0.717) is 6.42 Å². The molecule has 52 valence electrons. The molecule has 0 fully saturated rings. The van der Waals surface area contributed by atoms with Gasteiger partial charge in [0.25, 0.3) is 0 Å². The molecule has 0 spiro atoms. The van der Waals surface area contributed by atoms with E-state index in [9.17, 15) is 4.79 Å². The van der Waals surface area contributed by atoms with Gasteiger partial charge in [0.15, 0.2) is 0 Å². The first-order valence-corrected chi connectivity index (χ1v) is 2.76. The van der Waals surface area contributed by atoms with Gasteiger partial charge < -0.3 is 10.2 Å². The predicted molar refractivity (Wildman–Crippen MR) is 33.3 cm³/mol. The maximum Gasteiger partial charge on any atom is 0.311 e. The molecule has 0 aliphatic rings. The van der Waals surface area contributed by atoms with Crippen LogP contribution in [0.4, 0.5) is 0 Å². The normalized spacial score (nSPS) is 11.4. The summed E-state index contributed by atoms with van der Waals surface area (Å²) in [6.07, 6.45) is 1.88. The molecule has 9 heavy (non-hydrogen) atoms. The lowest BCUT2D eigenvalue weighted by Crippen LogP contribution is -1.95. The molecule has 0 aromatic carbocycles. The van der Waals surface area contributed by atoms with Crippen LogP contribution in [0.1, 0.15) is 19.8 Å². The zero-order chi connectivity index (χ0) is 7.28. The highest BCUT2D eigenvalue weighted by atomic mass is 16.4. The quantitative estimate of drug-likeness (QED) is 0.566. The van der Waals surface area contributed by atoms with Gasteiger partial charge in [0.2, 0.25) is 0 Å². The minimum atomic E-state index is -1.00. The Kier molecular flexibility index (Phi) is 3.51. The van der Waals surface area contributed by atoms with Gasteiger partial charge in [0.1, 0.15) is 6.42 Å². The molecule has 2 N–H and O–H groups in total. The highest BCUT2D eigenvalue weighted by Gasteiger charge is 1.98. The summed E-state index contributed by atoms with van der Waals surface area (Å²) in [5.41, 5.74) is 0. The standard InChI is InChI=1S/C6H10O3/c1-2-3-5(7)4-6(8)9/h3,7H,2,4H2,1H3,(H,8,9). The molecule has 0 bridgehead atoms. The van der Waals surface area contributed by atoms with Crippen LogP contribution < -0.4 is 0 Å². The summed E-state index contributed by atoms with van der Waals surface area (Å²) in [6, 6.07) is 0. The van der Waals surface area contributed by atoms with Gasteiger partial charge in [-0.25, -0.2) is 0 Å². The van der Waals surface area contributed by atoms with Crippen molar-refractivity contribution in [3.8, 4) is 0 Å². The first-order valence-electron chi connectivity index (χ1n) is 2.76. The Hall–Kier alpha value is -0.990. The summed E-state index contributed by atoms with van der Waals surface area (Å²) in [7, 11) is 0. The van der Waals surface area contributed by atoms with E-state index in [0.717, 1.165) is 0 Å². The lowest BCUT2D eigenvalue weighted by atomic mass is 10.3. The third-order valence-electron chi connectivity index (χ3n) is 0.772. The van der Waals surface area contributed by atoms with Crippen LogP contribution in [0.2, 0.25) is 0 Å². The van der Waals surface area contributed by atoms with E-state index in [1.165, 1.54) is 6.08 Å². The molecule has 3 nitrogen and oxygen atoms in total. The number of carbonyl (C=O) groups is 1. The van der Waals surface area contributed by atoms with Gasteiger partial charge in [-0.2, -0.15) is 0 Å². The molecule has 0 saturated carbocycles. The minimum Gasteiger partial charge on any atom is -0.512 e. The van der Waals surface area contributed by atoms with Crippen molar-refractivity contribution < 1.29 is 15.0 Å². The van der Waals surface area contributed by atoms with Crippen molar-refractivity contribution in [2.75, 3.05) is 0 Å². The Morgan fingerprint density at radius 1 is 1.56 bits per heavy atom. The molecular formula is C6H10O3.